The second-order valence-corrected chi connectivity index (χ2v) is 5.16. The van der Waals surface area contributed by atoms with Crippen molar-refractivity contribution >= 4 is 0 Å². The number of furan rings is 1. The number of hydrogen-bond donors (Lipinski definition) is 1. The van der Waals surface area contributed by atoms with Crippen LogP contribution in [0.1, 0.15) is 29.3 Å². The van der Waals surface area contributed by atoms with E-state index < -0.39 is 0 Å². The van der Waals surface area contributed by atoms with E-state index in [1.807, 2.05) is 26.1 Å². The van der Waals surface area contributed by atoms with E-state index in [4.69, 9.17) is 10.2 Å². The maximum absolute atomic E-state index is 13.6. The van der Waals surface area contributed by atoms with Crippen molar-refractivity contribution in [2.45, 2.75) is 25.9 Å². The maximum Gasteiger partial charge on any atom is 0.127 e. The topological polar surface area (TPSA) is 42.4 Å². The number of rotatable bonds is 6. The van der Waals surface area contributed by atoms with Gasteiger partial charge in [-0.05, 0) is 39.1 Å². The van der Waals surface area contributed by atoms with Gasteiger partial charge >= 0.3 is 0 Å². The number of hydrogen-bond acceptors (Lipinski definition) is 3. The molecule has 0 radical (unpaired) electrons. The molecular formula is C16H21FN2O. The first kappa shape index (κ1) is 14.8. The summed E-state index contributed by atoms with van der Waals surface area (Å²) in [7, 11) is 2.03. The van der Waals surface area contributed by atoms with Crippen molar-refractivity contribution in [1.29, 1.82) is 0 Å². The van der Waals surface area contributed by atoms with Crippen molar-refractivity contribution in [3.8, 4) is 0 Å². The molecule has 20 heavy (non-hydrogen) atoms. The number of halogens is 1. The average molecular weight is 276 g/mol. The van der Waals surface area contributed by atoms with Gasteiger partial charge in [0.1, 0.15) is 11.6 Å². The second-order valence-electron chi connectivity index (χ2n) is 5.16. The Hall–Kier alpha value is -1.65. The molecule has 0 aliphatic carbocycles. The predicted molar refractivity (Wildman–Crippen MR) is 77.7 cm³/mol. The van der Waals surface area contributed by atoms with Crippen molar-refractivity contribution < 1.29 is 8.81 Å². The molecule has 4 heteroatoms. The lowest BCUT2D eigenvalue weighted by molar-refractivity contribution is 0.308. The van der Waals surface area contributed by atoms with E-state index in [-0.39, 0.29) is 11.9 Å². The van der Waals surface area contributed by atoms with Crippen LogP contribution in [0.4, 0.5) is 4.39 Å². The zero-order valence-electron chi connectivity index (χ0n) is 12.0. The van der Waals surface area contributed by atoms with Crippen LogP contribution < -0.4 is 5.73 Å². The number of nitrogens with zero attached hydrogens (tertiary/aromatic N) is 1. The zero-order chi connectivity index (χ0) is 14.5. The molecule has 2 N–H and O–H groups in total. The van der Waals surface area contributed by atoms with Gasteiger partial charge in [0.15, 0.2) is 0 Å². The van der Waals surface area contributed by atoms with Gasteiger partial charge in [-0.2, -0.15) is 0 Å². The Morgan fingerprint density at radius 2 is 2.05 bits per heavy atom. The van der Waals surface area contributed by atoms with Gasteiger partial charge < -0.3 is 15.1 Å². The minimum absolute atomic E-state index is 0.228. The molecule has 1 unspecified atom stereocenters. The monoisotopic (exact) mass is 276 g/mol. The summed E-state index contributed by atoms with van der Waals surface area (Å²) in [6.07, 6.45) is 2.41. The number of nitrogens with two attached hydrogens (primary N) is 1. The lowest BCUT2D eigenvalue weighted by Crippen LogP contribution is -2.24. The van der Waals surface area contributed by atoms with E-state index in [1.165, 1.54) is 11.6 Å². The fourth-order valence-corrected chi connectivity index (χ4v) is 2.24. The van der Waals surface area contributed by atoms with Gasteiger partial charge in [0.05, 0.1) is 6.26 Å². The van der Waals surface area contributed by atoms with Gasteiger partial charge in [0.2, 0.25) is 0 Å². The SMILES string of the molecule is Cc1occc1CN(C)CCC(N)c1ccccc1F. The van der Waals surface area contributed by atoms with Gasteiger partial charge in [0.25, 0.3) is 0 Å². The molecule has 0 spiro atoms. The average Bonchev–Trinajstić information content (AvgIpc) is 2.82. The molecule has 3 nitrogen and oxygen atoms in total. The van der Waals surface area contributed by atoms with Crippen LogP contribution >= 0.6 is 0 Å². The van der Waals surface area contributed by atoms with Gasteiger partial charge in [0, 0.05) is 23.7 Å². The Morgan fingerprint density at radius 1 is 1.30 bits per heavy atom. The lowest BCUT2D eigenvalue weighted by Gasteiger charge is -2.19. The highest BCUT2D eigenvalue weighted by Crippen LogP contribution is 2.18. The van der Waals surface area contributed by atoms with Crippen LogP contribution in [0, 0.1) is 12.7 Å². The molecule has 1 heterocycles. The maximum atomic E-state index is 13.6. The van der Waals surface area contributed by atoms with E-state index in [0.29, 0.717) is 12.0 Å². The Bertz CT molecular complexity index is 553. The van der Waals surface area contributed by atoms with Gasteiger partial charge in [-0.3, -0.25) is 0 Å². The summed E-state index contributed by atoms with van der Waals surface area (Å²) in [6.45, 7) is 3.57. The van der Waals surface area contributed by atoms with E-state index in [2.05, 4.69) is 4.90 Å². The Labute approximate surface area is 119 Å². The largest absolute Gasteiger partial charge is 0.469 e. The molecule has 1 atom stereocenters. The molecule has 0 amide bonds. The first-order valence-electron chi connectivity index (χ1n) is 6.79. The summed E-state index contributed by atoms with van der Waals surface area (Å²) in [5.41, 5.74) is 7.82. The summed E-state index contributed by atoms with van der Waals surface area (Å²) < 4.78 is 18.9. The molecular weight excluding hydrogens is 255 g/mol. The van der Waals surface area contributed by atoms with Crippen LogP contribution in [0.25, 0.3) is 0 Å². The Kier molecular flexibility index (Phi) is 4.93. The van der Waals surface area contributed by atoms with E-state index >= 15 is 0 Å². The third-order valence-corrected chi connectivity index (χ3v) is 3.53. The molecule has 0 saturated carbocycles. The second kappa shape index (κ2) is 6.68. The molecule has 2 rings (SSSR count). The smallest absolute Gasteiger partial charge is 0.127 e. The van der Waals surface area contributed by atoms with Crippen LogP contribution in [-0.4, -0.2) is 18.5 Å². The standard InChI is InChI=1S/C16H21FN2O/c1-12-13(8-10-20-12)11-19(2)9-7-16(18)14-5-3-4-6-15(14)17/h3-6,8,10,16H,7,9,11,18H2,1-2H3. The zero-order valence-corrected chi connectivity index (χ0v) is 12.0. The van der Waals surface area contributed by atoms with Crippen molar-refractivity contribution in [2.75, 3.05) is 13.6 Å². The molecule has 108 valence electrons. The molecule has 2 aromatic rings. The molecule has 0 aliphatic heterocycles. The first-order valence-corrected chi connectivity index (χ1v) is 6.79. The molecule has 0 aliphatic rings. The summed E-state index contributed by atoms with van der Waals surface area (Å²) in [5.74, 6) is 0.712. The summed E-state index contributed by atoms with van der Waals surface area (Å²) in [5, 5.41) is 0. The highest BCUT2D eigenvalue weighted by atomic mass is 19.1. The predicted octanol–water partition coefficient (Wildman–Crippen LogP) is 3.25. The highest BCUT2D eigenvalue weighted by Gasteiger charge is 2.12. The van der Waals surface area contributed by atoms with Crippen LogP contribution in [0.2, 0.25) is 0 Å². The summed E-state index contributed by atoms with van der Waals surface area (Å²) in [4.78, 5) is 2.17. The van der Waals surface area contributed by atoms with E-state index in [9.17, 15) is 4.39 Å². The van der Waals surface area contributed by atoms with Crippen LogP contribution in [0.3, 0.4) is 0 Å². The van der Waals surface area contributed by atoms with Crippen LogP contribution in [0.15, 0.2) is 41.0 Å². The minimum Gasteiger partial charge on any atom is -0.469 e. The van der Waals surface area contributed by atoms with Crippen molar-refractivity contribution in [3.05, 3.63) is 59.3 Å². The van der Waals surface area contributed by atoms with E-state index in [0.717, 1.165) is 18.8 Å². The minimum atomic E-state index is -0.274. The molecule has 0 fully saturated rings. The van der Waals surface area contributed by atoms with Crippen LogP contribution in [-0.2, 0) is 6.54 Å². The summed E-state index contributed by atoms with van der Waals surface area (Å²) >= 11 is 0. The van der Waals surface area contributed by atoms with Crippen molar-refractivity contribution in [1.82, 2.24) is 4.90 Å². The number of aryl methyl sites for hydroxylation is 1. The fourth-order valence-electron chi connectivity index (χ4n) is 2.24. The molecule has 0 bridgehead atoms. The van der Waals surface area contributed by atoms with Crippen LogP contribution in [0.5, 0.6) is 0 Å². The summed E-state index contributed by atoms with van der Waals surface area (Å²) in [6, 6.07) is 8.40. The normalized spacial score (nSPS) is 12.8. The third-order valence-electron chi connectivity index (χ3n) is 3.53. The van der Waals surface area contributed by atoms with Crippen molar-refractivity contribution in [2.24, 2.45) is 5.73 Å². The molecule has 1 aromatic carbocycles. The first-order chi connectivity index (χ1) is 9.58. The van der Waals surface area contributed by atoms with E-state index in [1.54, 1.807) is 18.4 Å². The Morgan fingerprint density at radius 3 is 2.70 bits per heavy atom. The van der Waals surface area contributed by atoms with Crippen molar-refractivity contribution in [3.63, 3.8) is 0 Å². The Balaban J connectivity index is 1.86. The van der Waals surface area contributed by atoms with Gasteiger partial charge in [-0.15, -0.1) is 0 Å². The lowest BCUT2D eigenvalue weighted by atomic mass is 10.0. The van der Waals surface area contributed by atoms with Gasteiger partial charge in [-0.1, -0.05) is 18.2 Å². The third kappa shape index (κ3) is 3.68. The molecule has 1 aromatic heterocycles. The fraction of sp³-hybridized carbons (Fsp3) is 0.375. The number of benzene rings is 1. The molecule has 0 saturated heterocycles. The van der Waals surface area contributed by atoms with Gasteiger partial charge in [-0.25, -0.2) is 4.39 Å². The highest BCUT2D eigenvalue weighted by molar-refractivity contribution is 5.20. The quantitative estimate of drug-likeness (QED) is 0.880.